The highest BCUT2D eigenvalue weighted by molar-refractivity contribution is 5.94. The van der Waals surface area contributed by atoms with Gasteiger partial charge in [0.05, 0.1) is 15.8 Å². The van der Waals surface area contributed by atoms with Gasteiger partial charge in [-0.25, -0.2) is 0 Å². The van der Waals surface area contributed by atoms with Crippen molar-refractivity contribution < 1.29 is 4.92 Å². The highest BCUT2D eigenvalue weighted by Gasteiger charge is 2.32. The number of nitro benzene ring substituents is 1. The molecule has 1 unspecified atom stereocenters. The van der Waals surface area contributed by atoms with Crippen molar-refractivity contribution >= 4 is 22.3 Å². The minimum atomic E-state index is -0.313. The Bertz CT molecular complexity index is 697. The van der Waals surface area contributed by atoms with Crippen molar-refractivity contribution in [1.29, 1.82) is 0 Å². The number of hydrogen-bond acceptors (Lipinski definition) is 4. The second kappa shape index (κ2) is 4.98. The molecule has 1 heterocycles. The summed E-state index contributed by atoms with van der Waals surface area (Å²) in [5.74, 6) is 0. The van der Waals surface area contributed by atoms with Gasteiger partial charge in [-0.05, 0) is 48.9 Å². The van der Waals surface area contributed by atoms with E-state index < -0.39 is 0 Å². The van der Waals surface area contributed by atoms with Gasteiger partial charge < -0.3 is 5.32 Å². The Labute approximate surface area is 123 Å². The number of pyridine rings is 1. The van der Waals surface area contributed by atoms with Crippen molar-refractivity contribution in [3.8, 4) is 0 Å². The molecule has 5 nitrogen and oxygen atoms in total. The highest BCUT2D eigenvalue weighted by Crippen LogP contribution is 2.40. The average molecular weight is 285 g/mol. The van der Waals surface area contributed by atoms with Gasteiger partial charge in [-0.2, -0.15) is 0 Å². The van der Waals surface area contributed by atoms with Gasteiger partial charge in [-0.15, -0.1) is 0 Å². The van der Waals surface area contributed by atoms with Gasteiger partial charge in [0.15, 0.2) is 0 Å². The Hall–Kier alpha value is -2.17. The lowest BCUT2D eigenvalue weighted by atomic mass is 9.92. The van der Waals surface area contributed by atoms with Crippen LogP contribution in [0, 0.1) is 15.5 Å². The first-order valence-electron chi connectivity index (χ1n) is 7.25. The normalized spacial score (nSPS) is 20.6. The predicted molar refractivity (Wildman–Crippen MR) is 83.4 cm³/mol. The Morgan fingerprint density at radius 3 is 2.86 bits per heavy atom. The number of hydrogen-bond donors (Lipinski definition) is 1. The first-order chi connectivity index (χ1) is 9.96. The predicted octanol–water partition coefficient (Wildman–Crippen LogP) is 4.13. The number of anilines is 1. The van der Waals surface area contributed by atoms with Crippen molar-refractivity contribution in [2.75, 3.05) is 5.32 Å². The fourth-order valence-electron chi connectivity index (χ4n) is 3.23. The smallest absolute Gasteiger partial charge is 0.301 e. The molecule has 0 radical (unpaired) electrons. The van der Waals surface area contributed by atoms with Crippen LogP contribution in [0.5, 0.6) is 0 Å². The molecule has 2 aromatic rings. The average Bonchev–Trinajstić information content (AvgIpc) is 2.77. The Morgan fingerprint density at radius 1 is 1.38 bits per heavy atom. The molecule has 110 valence electrons. The van der Waals surface area contributed by atoms with Crippen molar-refractivity contribution in [3.05, 3.63) is 40.6 Å². The maximum absolute atomic E-state index is 11.5. The summed E-state index contributed by atoms with van der Waals surface area (Å²) in [7, 11) is 0. The molecule has 1 fully saturated rings. The highest BCUT2D eigenvalue weighted by atomic mass is 16.6. The summed E-state index contributed by atoms with van der Waals surface area (Å²) in [5, 5.41) is 15.4. The summed E-state index contributed by atoms with van der Waals surface area (Å²) in [5.41, 5.74) is 1.69. The SMILES string of the molecule is CC1(C)CCC(Nc2ccc3ncccc3c2[N+](=O)[O-])C1. The van der Waals surface area contributed by atoms with Gasteiger partial charge >= 0.3 is 5.69 Å². The fraction of sp³-hybridized carbons (Fsp3) is 0.438. The molecule has 1 atom stereocenters. The number of nitrogens with zero attached hydrogens (tertiary/aromatic N) is 2. The van der Waals surface area contributed by atoms with E-state index in [4.69, 9.17) is 0 Å². The molecule has 1 aliphatic rings. The third-order valence-electron chi connectivity index (χ3n) is 4.27. The van der Waals surface area contributed by atoms with E-state index in [0.717, 1.165) is 19.3 Å². The number of fused-ring (bicyclic) bond motifs is 1. The summed E-state index contributed by atoms with van der Waals surface area (Å²) in [4.78, 5) is 15.3. The first-order valence-corrected chi connectivity index (χ1v) is 7.25. The molecular formula is C16H19N3O2. The molecule has 5 heteroatoms. The third-order valence-corrected chi connectivity index (χ3v) is 4.27. The molecule has 0 amide bonds. The number of nitrogens with one attached hydrogen (secondary N) is 1. The van der Waals surface area contributed by atoms with E-state index in [2.05, 4.69) is 24.1 Å². The second-order valence-electron chi connectivity index (χ2n) is 6.54. The minimum Gasteiger partial charge on any atom is -0.377 e. The quantitative estimate of drug-likeness (QED) is 0.680. The molecule has 1 N–H and O–H groups in total. The summed E-state index contributed by atoms with van der Waals surface area (Å²) >= 11 is 0. The minimum absolute atomic E-state index is 0.130. The Kier molecular flexibility index (Phi) is 3.27. The van der Waals surface area contributed by atoms with Crippen molar-refractivity contribution in [3.63, 3.8) is 0 Å². The monoisotopic (exact) mass is 285 g/mol. The van der Waals surface area contributed by atoms with Crippen LogP contribution in [-0.4, -0.2) is 15.9 Å². The van der Waals surface area contributed by atoms with Gasteiger partial charge in [0.1, 0.15) is 5.69 Å². The lowest BCUT2D eigenvalue weighted by molar-refractivity contribution is -0.382. The van der Waals surface area contributed by atoms with Crippen molar-refractivity contribution in [2.45, 2.75) is 39.2 Å². The topological polar surface area (TPSA) is 68.1 Å². The zero-order valence-electron chi connectivity index (χ0n) is 12.3. The molecule has 0 spiro atoms. The molecule has 0 saturated heterocycles. The molecule has 1 saturated carbocycles. The molecule has 0 bridgehead atoms. The first kappa shape index (κ1) is 13.8. The molecule has 21 heavy (non-hydrogen) atoms. The zero-order chi connectivity index (χ0) is 15.0. The number of benzene rings is 1. The molecule has 1 aromatic carbocycles. The fourth-order valence-corrected chi connectivity index (χ4v) is 3.23. The molecule has 3 rings (SSSR count). The van der Waals surface area contributed by atoms with E-state index in [9.17, 15) is 10.1 Å². The van der Waals surface area contributed by atoms with Crippen LogP contribution in [0.1, 0.15) is 33.1 Å². The van der Waals surface area contributed by atoms with Crippen LogP contribution >= 0.6 is 0 Å². The van der Waals surface area contributed by atoms with Crippen LogP contribution in [0.4, 0.5) is 11.4 Å². The maximum atomic E-state index is 11.5. The number of nitro groups is 1. The molecule has 1 aromatic heterocycles. The second-order valence-corrected chi connectivity index (χ2v) is 6.54. The molecule has 0 aliphatic heterocycles. The Morgan fingerprint density at radius 2 is 2.19 bits per heavy atom. The van der Waals surface area contributed by atoms with E-state index in [1.54, 1.807) is 24.4 Å². The van der Waals surface area contributed by atoms with E-state index in [1.165, 1.54) is 0 Å². The van der Waals surface area contributed by atoms with Crippen LogP contribution in [0.25, 0.3) is 10.9 Å². The number of aromatic nitrogens is 1. The van der Waals surface area contributed by atoms with Crippen LogP contribution in [0.3, 0.4) is 0 Å². The third kappa shape index (κ3) is 2.68. The van der Waals surface area contributed by atoms with E-state index in [0.29, 0.717) is 28.0 Å². The summed E-state index contributed by atoms with van der Waals surface area (Å²) in [6.07, 6.45) is 4.89. The van der Waals surface area contributed by atoms with E-state index >= 15 is 0 Å². The van der Waals surface area contributed by atoms with Crippen molar-refractivity contribution in [1.82, 2.24) is 4.98 Å². The molecular weight excluding hydrogens is 266 g/mol. The van der Waals surface area contributed by atoms with Crippen LogP contribution in [-0.2, 0) is 0 Å². The lowest BCUT2D eigenvalue weighted by Gasteiger charge is -2.18. The van der Waals surface area contributed by atoms with Crippen LogP contribution < -0.4 is 5.32 Å². The summed E-state index contributed by atoms with van der Waals surface area (Å²) in [6.45, 7) is 4.49. The Balaban J connectivity index is 1.99. The largest absolute Gasteiger partial charge is 0.377 e. The number of rotatable bonds is 3. The lowest BCUT2D eigenvalue weighted by Crippen LogP contribution is -2.18. The molecule has 1 aliphatic carbocycles. The van der Waals surface area contributed by atoms with Gasteiger partial charge in [0, 0.05) is 12.2 Å². The van der Waals surface area contributed by atoms with E-state index in [-0.39, 0.29) is 10.6 Å². The van der Waals surface area contributed by atoms with Crippen LogP contribution in [0.15, 0.2) is 30.5 Å². The maximum Gasteiger partial charge on any atom is 0.301 e. The van der Waals surface area contributed by atoms with Crippen molar-refractivity contribution in [2.24, 2.45) is 5.41 Å². The summed E-state index contributed by atoms with van der Waals surface area (Å²) < 4.78 is 0. The van der Waals surface area contributed by atoms with Gasteiger partial charge in [-0.1, -0.05) is 13.8 Å². The summed E-state index contributed by atoms with van der Waals surface area (Å²) in [6, 6.07) is 7.40. The van der Waals surface area contributed by atoms with E-state index in [1.807, 2.05) is 6.07 Å². The van der Waals surface area contributed by atoms with Crippen LogP contribution in [0.2, 0.25) is 0 Å². The van der Waals surface area contributed by atoms with Gasteiger partial charge in [0.25, 0.3) is 0 Å². The standard InChI is InChI=1S/C16H19N3O2/c1-16(2)8-7-11(10-16)18-14-6-5-13-12(4-3-9-17-13)15(14)19(20)21/h3-6,9,11,18H,7-8,10H2,1-2H3. The van der Waals surface area contributed by atoms with Gasteiger partial charge in [0.2, 0.25) is 0 Å². The zero-order valence-corrected chi connectivity index (χ0v) is 12.3. The van der Waals surface area contributed by atoms with Gasteiger partial charge in [-0.3, -0.25) is 15.1 Å².